The van der Waals surface area contributed by atoms with Crippen LogP contribution in [0.2, 0.25) is 0 Å². The Bertz CT molecular complexity index is 390. The molecule has 1 N–H and O–H groups in total. The van der Waals surface area contributed by atoms with E-state index in [2.05, 4.69) is 32.2 Å². The maximum Gasteiger partial charge on any atom is 0.123 e. The molecule has 0 spiro atoms. The minimum absolute atomic E-state index is 0.118. The van der Waals surface area contributed by atoms with Gasteiger partial charge in [-0.3, -0.25) is 0 Å². The molecule has 1 aliphatic carbocycles. The third-order valence-electron chi connectivity index (χ3n) is 3.85. The SMILES string of the molecule is CC(C)(C)NCC(c1cccc(F)c1)C1CCC1. The first-order valence-electron chi connectivity index (χ1n) is 6.96. The molecule has 0 aliphatic heterocycles. The van der Waals surface area contributed by atoms with Crippen molar-refractivity contribution in [1.82, 2.24) is 5.32 Å². The Hall–Kier alpha value is -0.890. The number of benzene rings is 1. The van der Waals surface area contributed by atoms with Crippen molar-refractivity contribution in [2.45, 2.75) is 51.5 Å². The molecule has 0 heterocycles. The van der Waals surface area contributed by atoms with Gasteiger partial charge in [0.25, 0.3) is 0 Å². The van der Waals surface area contributed by atoms with Gasteiger partial charge in [0, 0.05) is 12.1 Å². The summed E-state index contributed by atoms with van der Waals surface area (Å²) < 4.78 is 13.4. The second-order valence-corrected chi connectivity index (χ2v) is 6.48. The van der Waals surface area contributed by atoms with Crippen LogP contribution in [-0.2, 0) is 0 Å². The van der Waals surface area contributed by atoms with Gasteiger partial charge in [-0.15, -0.1) is 0 Å². The van der Waals surface area contributed by atoms with Crippen molar-refractivity contribution in [2.75, 3.05) is 6.54 Å². The third kappa shape index (κ3) is 3.55. The molecule has 18 heavy (non-hydrogen) atoms. The number of nitrogens with one attached hydrogen (secondary N) is 1. The maximum atomic E-state index is 13.4. The zero-order valence-electron chi connectivity index (χ0n) is 11.7. The average molecular weight is 249 g/mol. The molecular formula is C16H24FN. The average Bonchev–Trinajstić information content (AvgIpc) is 2.20. The van der Waals surface area contributed by atoms with Crippen LogP contribution in [0.25, 0.3) is 0 Å². The van der Waals surface area contributed by atoms with E-state index in [0.717, 1.165) is 18.0 Å². The summed E-state index contributed by atoms with van der Waals surface area (Å²) in [4.78, 5) is 0. The molecule has 0 aromatic heterocycles. The Labute approximate surface area is 110 Å². The van der Waals surface area contributed by atoms with Gasteiger partial charge in [0.1, 0.15) is 5.82 Å². The van der Waals surface area contributed by atoms with Crippen molar-refractivity contribution in [3.63, 3.8) is 0 Å². The normalized spacial score (nSPS) is 18.4. The van der Waals surface area contributed by atoms with E-state index < -0.39 is 0 Å². The highest BCUT2D eigenvalue weighted by atomic mass is 19.1. The van der Waals surface area contributed by atoms with Gasteiger partial charge in [-0.05, 0) is 63.1 Å². The molecule has 1 atom stereocenters. The monoisotopic (exact) mass is 249 g/mol. The Morgan fingerprint density at radius 3 is 2.56 bits per heavy atom. The summed E-state index contributed by atoms with van der Waals surface area (Å²) in [6.07, 6.45) is 3.89. The zero-order valence-corrected chi connectivity index (χ0v) is 11.7. The number of halogens is 1. The van der Waals surface area contributed by atoms with E-state index in [1.807, 2.05) is 6.07 Å². The van der Waals surface area contributed by atoms with E-state index in [4.69, 9.17) is 0 Å². The summed E-state index contributed by atoms with van der Waals surface area (Å²) in [5.74, 6) is 1.06. The van der Waals surface area contributed by atoms with Crippen LogP contribution >= 0.6 is 0 Å². The molecule has 100 valence electrons. The Morgan fingerprint density at radius 1 is 1.33 bits per heavy atom. The molecule has 2 rings (SSSR count). The Morgan fingerprint density at radius 2 is 2.06 bits per heavy atom. The van der Waals surface area contributed by atoms with Crippen LogP contribution in [-0.4, -0.2) is 12.1 Å². The molecule has 1 aliphatic rings. The molecule has 0 bridgehead atoms. The van der Waals surface area contributed by atoms with Crippen LogP contribution in [0.5, 0.6) is 0 Å². The van der Waals surface area contributed by atoms with E-state index in [-0.39, 0.29) is 11.4 Å². The molecule has 1 saturated carbocycles. The van der Waals surface area contributed by atoms with Crippen molar-refractivity contribution in [3.8, 4) is 0 Å². The second kappa shape index (κ2) is 5.40. The minimum atomic E-state index is -0.118. The minimum Gasteiger partial charge on any atom is -0.311 e. The standard InChI is InChI=1S/C16H24FN/c1-16(2,3)18-11-15(12-6-4-7-12)13-8-5-9-14(17)10-13/h5,8-10,12,15,18H,4,6-7,11H2,1-3H3. The fourth-order valence-corrected chi connectivity index (χ4v) is 2.55. The van der Waals surface area contributed by atoms with Crippen molar-refractivity contribution in [2.24, 2.45) is 5.92 Å². The van der Waals surface area contributed by atoms with E-state index in [1.165, 1.54) is 25.3 Å². The molecule has 0 amide bonds. The van der Waals surface area contributed by atoms with Crippen molar-refractivity contribution in [1.29, 1.82) is 0 Å². The first kappa shape index (κ1) is 13.5. The van der Waals surface area contributed by atoms with Gasteiger partial charge in [-0.25, -0.2) is 4.39 Å². The number of hydrogen-bond donors (Lipinski definition) is 1. The highest BCUT2D eigenvalue weighted by molar-refractivity contribution is 5.22. The molecule has 1 nitrogen and oxygen atoms in total. The predicted octanol–water partition coefficient (Wildman–Crippen LogP) is 4.10. The third-order valence-corrected chi connectivity index (χ3v) is 3.85. The van der Waals surface area contributed by atoms with Crippen LogP contribution in [0.1, 0.15) is 51.5 Å². The van der Waals surface area contributed by atoms with Gasteiger partial charge < -0.3 is 5.32 Å². The summed E-state index contributed by atoms with van der Waals surface area (Å²) in [6, 6.07) is 7.12. The lowest BCUT2D eigenvalue weighted by molar-refractivity contribution is 0.242. The fraction of sp³-hybridized carbons (Fsp3) is 0.625. The largest absolute Gasteiger partial charge is 0.311 e. The summed E-state index contributed by atoms with van der Waals surface area (Å²) >= 11 is 0. The van der Waals surface area contributed by atoms with Crippen LogP contribution in [0.4, 0.5) is 4.39 Å². The van der Waals surface area contributed by atoms with Gasteiger partial charge >= 0.3 is 0 Å². The lowest BCUT2D eigenvalue weighted by Crippen LogP contribution is -2.41. The molecule has 0 saturated heterocycles. The second-order valence-electron chi connectivity index (χ2n) is 6.48. The number of hydrogen-bond acceptors (Lipinski definition) is 1. The van der Waals surface area contributed by atoms with Crippen LogP contribution in [0, 0.1) is 11.7 Å². The van der Waals surface area contributed by atoms with Gasteiger partial charge in [0.05, 0.1) is 0 Å². The first-order valence-corrected chi connectivity index (χ1v) is 6.96. The first-order chi connectivity index (χ1) is 8.46. The molecule has 2 heteroatoms. The highest BCUT2D eigenvalue weighted by Crippen LogP contribution is 2.39. The fourth-order valence-electron chi connectivity index (χ4n) is 2.55. The van der Waals surface area contributed by atoms with Crippen LogP contribution < -0.4 is 5.32 Å². The quantitative estimate of drug-likeness (QED) is 0.847. The van der Waals surface area contributed by atoms with Gasteiger partial charge in [0.2, 0.25) is 0 Å². The van der Waals surface area contributed by atoms with E-state index >= 15 is 0 Å². The predicted molar refractivity (Wildman–Crippen MR) is 74.2 cm³/mol. The molecular weight excluding hydrogens is 225 g/mol. The summed E-state index contributed by atoms with van der Waals surface area (Å²) in [5.41, 5.74) is 1.27. The van der Waals surface area contributed by atoms with Crippen LogP contribution in [0.3, 0.4) is 0 Å². The topological polar surface area (TPSA) is 12.0 Å². The highest BCUT2D eigenvalue weighted by Gasteiger charge is 2.29. The molecule has 1 aromatic carbocycles. The lowest BCUT2D eigenvalue weighted by atomic mass is 9.73. The van der Waals surface area contributed by atoms with E-state index in [9.17, 15) is 4.39 Å². The Balaban J connectivity index is 2.09. The van der Waals surface area contributed by atoms with Gasteiger partial charge in [0.15, 0.2) is 0 Å². The van der Waals surface area contributed by atoms with Crippen molar-refractivity contribution in [3.05, 3.63) is 35.6 Å². The van der Waals surface area contributed by atoms with Gasteiger partial charge in [-0.2, -0.15) is 0 Å². The molecule has 0 radical (unpaired) electrons. The summed E-state index contributed by atoms with van der Waals surface area (Å²) in [5, 5.41) is 3.57. The Kier molecular flexibility index (Phi) is 4.06. The van der Waals surface area contributed by atoms with Crippen molar-refractivity contribution < 1.29 is 4.39 Å². The van der Waals surface area contributed by atoms with E-state index in [0.29, 0.717) is 5.92 Å². The molecule has 1 aromatic rings. The van der Waals surface area contributed by atoms with Crippen LogP contribution in [0.15, 0.2) is 24.3 Å². The molecule has 1 unspecified atom stereocenters. The maximum absolute atomic E-state index is 13.4. The zero-order chi connectivity index (χ0) is 13.2. The van der Waals surface area contributed by atoms with Gasteiger partial charge in [-0.1, -0.05) is 18.6 Å². The molecule has 1 fully saturated rings. The summed E-state index contributed by atoms with van der Waals surface area (Å²) in [6.45, 7) is 7.47. The smallest absolute Gasteiger partial charge is 0.123 e. The van der Waals surface area contributed by atoms with Crippen molar-refractivity contribution >= 4 is 0 Å². The van der Waals surface area contributed by atoms with E-state index in [1.54, 1.807) is 6.07 Å². The lowest BCUT2D eigenvalue weighted by Gasteiger charge is -2.36. The number of rotatable bonds is 4. The summed E-state index contributed by atoms with van der Waals surface area (Å²) in [7, 11) is 0.